The van der Waals surface area contributed by atoms with Crippen molar-refractivity contribution in [3.63, 3.8) is 0 Å². The molecule has 7 heteroatoms. The van der Waals surface area contributed by atoms with Gasteiger partial charge in [-0.2, -0.15) is 0 Å². The van der Waals surface area contributed by atoms with Gasteiger partial charge in [-0.3, -0.25) is 9.69 Å². The normalized spacial score (nSPS) is 17.7. The van der Waals surface area contributed by atoms with E-state index in [2.05, 4.69) is 21.8 Å². The summed E-state index contributed by atoms with van der Waals surface area (Å²) in [4.78, 5) is 20.3. The van der Waals surface area contributed by atoms with Gasteiger partial charge in [0.05, 0.1) is 6.54 Å². The molecule has 0 unspecified atom stereocenters. The number of anilines is 1. The first kappa shape index (κ1) is 14.6. The zero-order valence-corrected chi connectivity index (χ0v) is 12.3. The Morgan fingerprint density at radius 2 is 2.12 bits per heavy atom. The van der Waals surface area contributed by atoms with Crippen LogP contribution in [0.15, 0.2) is 5.38 Å². The van der Waals surface area contributed by atoms with Gasteiger partial charge in [0.1, 0.15) is 5.69 Å². The van der Waals surface area contributed by atoms with Crippen molar-refractivity contribution >= 4 is 39.2 Å². The molecular weight excluding hydrogens is 304 g/mol. The predicted octanol–water partition coefficient (Wildman–Crippen LogP) is 0.733. The number of ketones is 1. The molecule has 2 rings (SSSR count). The monoisotopic (exact) mass is 320 g/mol. The maximum absolute atomic E-state index is 11.8. The molecule has 2 N–H and O–H groups in total. The Hall–Kier alpha value is -0.500. The number of nitrogen functional groups attached to an aromatic ring is 1. The number of piperazine rings is 1. The molecule has 0 amide bonds. The van der Waals surface area contributed by atoms with Crippen LogP contribution in [0.25, 0.3) is 0 Å². The first-order valence-corrected chi connectivity index (χ1v) is 6.18. The zero-order chi connectivity index (χ0) is 11.5. The largest absolute Gasteiger partial charge is 0.375 e. The van der Waals surface area contributed by atoms with Crippen LogP contribution >= 0.6 is 28.3 Å². The summed E-state index contributed by atoms with van der Waals surface area (Å²) in [6.45, 7) is 4.39. The molecule has 2 heterocycles. The summed E-state index contributed by atoms with van der Waals surface area (Å²) in [5.74, 6) is 0.0671. The number of halogens is 1. The lowest BCUT2D eigenvalue weighted by Gasteiger charge is -2.31. The van der Waals surface area contributed by atoms with Crippen LogP contribution in [0, 0.1) is 0 Å². The fourth-order valence-corrected chi connectivity index (χ4v) is 2.27. The first-order chi connectivity index (χ1) is 7.65. The maximum atomic E-state index is 11.8. The van der Waals surface area contributed by atoms with E-state index in [1.54, 1.807) is 5.38 Å². The van der Waals surface area contributed by atoms with E-state index in [1.807, 2.05) is 0 Å². The maximum Gasteiger partial charge on any atom is 0.196 e. The van der Waals surface area contributed by atoms with E-state index in [0.29, 0.717) is 17.4 Å². The number of nitrogens with zero attached hydrogens (tertiary/aromatic N) is 3. The Kier molecular flexibility index (Phi) is 5.51. The number of carbonyl (C=O) groups excluding carboxylic acids is 1. The Morgan fingerprint density at radius 1 is 1.47 bits per heavy atom. The fraction of sp³-hybridized carbons (Fsp3) is 0.600. The van der Waals surface area contributed by atoms with E-state index in [4.69, 9.17) is 5.73 Å². The number of rotatable bonds is 3. The van der Waals surface area contributed by atoms with Crippen molar-refractivity contribution in [1.82, 2.24) is 14.8 Å². The van der Waals surface area contributed by atoms with Gasteiger partial charge < -0.3 is 10.6 Å². The standard InChI is InChI=1S/C10H16N4OS.BrH/c1-13-2-4-14(5-3-13)6-9(15)8-7-16-10(11)12-8;/h7H,2-6H2,1H3,(H2,11,12);1H. The third-order valence-corrected chi connectivity index (χ3v) is 3.44. The number of Topliss-reactive ketones (excluding diaryl/α,β-unsaturated/α-hetero) is 1. The zero-order valence-electron chi connectivity index (χ0n) is 9.76. The number of hydrogen-bond acceptors (Lipinski definition) is 6. The van der Waals surface area contributed by atoms with Crippen LogP contribution in [0.5, 0.6) is 0 Å². The summed E-state index contributed by atoms with van der Waals surface area (Å²) in [5, 5.41) is 2.19. The summed E-state index contributed by atoms with van der Waals surface area (Å²) in [6.07, 6.45) is 0. The second kappa shape index (κ2) is 6.44. The Labute approximate surface area is 115 Å². The van der Waals surface area contributed by atoms with Gasteiger partial charge in [0.2, 0.25) is 0 Å². The highest BCUT2D eigenvalue weighted by molar-refractivity contribution is 8.93. The summed E-state index contributed by atoms with van der Waals surface area (Å²) in [5.41, 5.74) is 6.00. The molecule has 96 valence electrons. The number of aromatic nitrogens is 1. The van der Waals surface area contributed by atoms with Crippen LogP contribution in [-0.4, -0.2) is 60.3 Å². The molecule has 1 saturated heterocycles. The third kappa shape index (κ3) is 4.02. The van der Waals surface area contributed by atoms with Crippen molar-refractivity contribution in [3.05, 3.63) is 11.1 Å². The number of nitrogens with two attached hydrogens (primary N) is 1. The molecule has 1 fully saturated rings. The van der Waals surface area contributed by atoms with Crippen molar-refractivity contribution in [2.75, 3.05) is 45.5 Å². The van der Waals surface area contributed by atoms with Gasteiger partial charge in [-0.1, -0.05) is 0 Å². The molecular formula is C10H17BrN4OS. The van der Waals surface area contributed by atoms with Gasteiger partial charge >= 0.3 is 0 Å². The van der Waals surface area contributed by atoms with Gasteiger partial charge in [-0.05, 0) is 7.05 Å². The first-order valence-electron chi connectivity index (χ1n) is 5.30. The van der Waals surface area contributed by atoms with Crippen LogP contribution in [-0.2, 0) is 0 Å². The minimum absolute atomic E-state index is 0. The lowest BCUT2D eigenvalue weighted by atomic mass is 10.2. The SMILES string of the molecule is Br.CN1CCN(CC(=O)c2csc(N)n2)CC1. The second-order valence-corrected chi connectivity index (χ2v) is 4.96. The number of thiazole rings is 1. The van der Waals surface area contributed by atoms with E-state index < -0.39 is 0 Å². The van der Waals surface area contributed by atoms with Gasteiger partial charge in [0, 0.05) is 31.6 Å². The summed E-state index contributed by atoms with van der Waals surface area (Å²) >= 11 is 1.31. The minimum Gasteiger partial charge on any atom is -0.375 e. The van der Waals surface area contributed by atoms with Crippen LogP contribution in [0.3, 0.4) is 0 Å². The molecule has 0 bridgehead atoms. The van der Waals surface area contributed by atoms with Crippen LogP contribution < -0.4 is 5.73 Å². The van der Waals surface area contributed by atoms with Crippen LogP contribution in [0.2, 0.25) is 0 Å². The lowest BCUT2D eigenvalue weighted by Crippen LogP contribution is -2.46. The van der Waals surface area contributed by atoms with E-state index in [9.17, 15) is 4.79 Å². The third-order valence-electron chi connectivity index (χ3n) is 2.77. The molecule has 0 aliphatic carbocycles. The van der Waals surface area contributed by atoms with E-state index >= 15 is 0 Å². The molecule has 17 heavy (non-hydrogen) atoms. The van der Waals surface area contributed by atoms with Crippen molar-refractivity contribution in [1.29, 1.82) is 0 Å². The average Bonchev–Trinajstić information content (AvgIpc) is 2.68. The van der Waals surface area contributed by atoms with E-state index in [1.165, 1.54) is 11.3 Å². The van der Waals surface area contributed by atoms with Gasteiger partial charge in [0.25, 0.3) is 0 Å². The van der Waals surface area contributed by atoms with Gasteiger partial charge in [-0.15, -0.1) is 28.3 Å². The van der Waals surface area contributed by atoms with Gasteiger partial charge in [-0.25, -0.2) is 4.98 Å². The number of likely N-dealkylation sites (N-methyl/N-ethyl adjacent to an activating group) is 1. The molecule has 0 aromatic carbocycles. The summed E-state index contributed by atoms with van der Waals surface area (Å²) in [6, 6.07) is 0. The second-order valence-electron chi connectivity index (χ2n) is 4.07. The summed E-state index contributed by atoms with van der Waals surface area (Å²) < 4.78 is 0. The quantitative estimate of drug-likeness (QED) is 0.832. The van der Waals surface area contributed by atoms with E-state index in [-0.39, 0.29) is 22.8 Å². The Balaban J connectivity index is 0.00000144. The Bertz CT molecular complexity index is 376. The van der Waals surface area contributed by atoms with Crippen molar-refractivity contribution in [2.24, 2.45) is 0 Å². The number of hydrogen-bond donors (Lipinski definition) is 1. The van der Waals surface area contributed by atoms with Crippen molar-refractivity contribution < 1.29 is 4.79 Å². The minimum atomic E-state index is 0. The van der Waals surface area contributed by atoms with Crippen molar-refractivity contribution in [2.45, 2.75) is 0 Å². The lowest BCUT2D eigenvalue weighted by molar-refractivity contribution is 0.0872. The molecule has 0 radical (unpaired) electrons. The van der Waals surface area contributed by atoms with Crippen LogP contribution in [0.1, 0.15) is 10.5 Å². The van der Waals surface area contributed by atoms with E-state index in [0.717, 1.165) is 26.2 Å². The molecule has 5 nitrogen and oxygen atoms in total. The molecule has 0 saturated carbocycles. The average molecular weight is 321 g/mol. The van der Waals surface area contributed by atoms with Crippen molar-refractivity contribution in [3.8, 4) is 0 Å². The highest BCUT2D eigenvalue weighted by Gasteiger charge is 2.18. The fourth-order valence-electron chi connectivity index (χ4n) is 1.71. The summed E-state index contributed by atoms with van der Waals surface area (Å²) in [7, 11) is 2.10. The Morgan fingerprint density at radius 3 is 2.65 bits per heavy atom. The molecule has 0 atom stereocenters. The number of carbonyl (C=O) groups is 1. The smallest absolute Gasteiger partial charge is 0.196 e. The highest BCUT2D eigenvalue weighted by atomic mass is 79.9. The predicted molar refractivity (Wildman–Crippen MR) is 75.1 cm³/mol. The molecule has 1 aliphatic heterocycles. The van der Waals surface area contributed by atoms with Gasteiger partial charge in [0.15, 0.2) is 10.9 Å². The molecule has 1 aliphatic rings. The molecule has 1 aromatic heterocycles. The highest BCUT2D eigenvalue weighted by Crippen LogP contribution is 2.12. The molecule has 1 aromatic rings. The topological polar surface area (TPSA) is 62.5 Å². The molecule has 0 spiro atoms. The van der Waals surface area contributed by atoms with Crippen LogP contribution in [0.4, 0.5) is 5.13 Å².